The number of para-hydroxylation sites is 1. The Morgan fingerprint density at radius 1 is 1.35 bits per heavy atom. The van der Waals surface area contributed by atoms with E-state index in [0.29, 0.717) is 5.92 Å². The monoisotopic (exact) mass is 236 g/mol. The highest BCUT2D eigenvalue weighted by Crippen LogP contribution is 2.29. The fraction of sp³-hybridized carbons (Fsp3) is 0.500. The second kappa shape index (κ2) is 6.28. The average molecular weight is 236 g/mol. The second-order valence-electron chi connectivity index (χ2n) is 4.37. The van der Waals surface area contributed by atoms with E-state index in [1.165, 1.54) is 0 Å². The second-order valence-corrected chi connectivity index (χ2v) is 4.37. The van der Waals surface area contributed by atoms with Gasteiger partial charge in [-0.05, 0) is 30.9 Å². The van der Waals surface area contributed by atoms with Crippen LogP contribution >= 0.6 is 0 Å². The van der Waals surface area contributed by atoms with Crippen molar-refractivity contribution in [2.24, 2.45) is 0 Å². The van der Waals surface area contributed by atoms with Crippen molar-refractivity contribution in [3.05, 3.63) is 29.8 Å². The van der Waals surface area contributed by atoms with Gasteiger partial charge in [0.25, 0.3) is 0 Å². The van der Waals surface area contributed by atoms with Gasteiger partial charge in [-0.3, -0.25) is 4.79 Å². The summed E-state index contributed by atoms with van der Waals surface area (Å²) < 4.78 is 5.70. The molecule has 0 radical (unpaired) electrons. The zero-order valence-electron chi connectivity index (χ0n) is 10.6. The molecule has 0 aliphatic heterocycles. The van der Waals surface area contributed by atoms with Crippen LogP contribution in [-0.2, 0) is 4.79 Å². The van der Waals surface area contributed by atoms with Gasteiger partial charge in [-0.25, -0.2) is 0 Å². The maximum Gasteiger partial charge on any atom is 0.307 e. The first-order valence-corrected chi connectivity index (χ1v) is 6.02. The number of carboxylic acid groups (broad SMARTS) is 1. The van der Waals surface area contributed by atoms with Crippen molar-refractivity contribution >= 4 is 5.97 Å². The summed E-state index contributed by atoms with van der Waals surface area (Å²) >= 11 is 0. The molecule has 0 saturated carbocycles. The quantitative estimate of drug-likeness (QED) is 0.823. The Bertz CT molecular complexity index is 373. The Labute approximate surface area is 102 Å². The maximum absolute atomic E-state index is 10.6. The standard InChI is InChI=1S/C14H20O3/c1-4-10(2)12-7-5-6-8-13(12)17-11(3)9-14(15)16/h5-8,10-11H,4,9H2,1-3H3,(H,15,16). The highest BCUT2D eigenvalue weighted by atomic mass is 16.5. The number of benzene rings is 1. The molecule has 0 spiro atoms. The van der Waals surface area contributed by atoms with Crippen LogP contribution in [0.1, 0.15) is 45.1 Å². The van der Waals surface area contributed by atoms with Gasteiger partial charge in [0.2, 0.25) is 0 Å². The number of carboxylic acids is 1. The summed E-state index contributed by atoms with van der Waals surface area (Å²) in [4.78, 5) is 10.6. The Hall–Kier alpha value is -1.51. The first-order chi connectivity index (χ1) is 8.04. The lowest BCUT2D eigenvalue weighted by Gasteiger charge is -2.18. The molecule has 94 valence electrons. The largest absolute Gasteiger partial charge is 0.490 e. The smallest absolute Gasteiger partial charge is 0.307 e. The SMILES string of the molecule is CCC(C)c1ccccc1OC(C)CC(=O)O. The first kappa shape index (κ1) is 13.6. The summed E-state index contributed by atoms with van der Waals surface area (Å²) in [6.07, 6.45) is 0.750. The highest BCUT2D eigenvalue weighted by Gasteiger charge is 2.14. The van der Waals surface area contributed by atoms with E-state index in [9.17, 15) is 4.79 Å². The minimum Gasteiger partial charge on any atom is -0.490 e. The van der Waals surface area contributed by atoms with Gasteiger partial charge in [-0.2, -0.15) is 0 Å². The molecule has 2 unspecified atom stereocenters. The molecule has 0 heterocycles. The molecule has 1 N–H and O–H groups in total. The molecule has 0 aliphatic rings. The molecule has 2 atom stereocenters. The topological polar surface area (TPSA) is 46.5 Å². The molecule has 1 aromatic rings. The van der Waals surface area contributed by atoms with Gasteiger partial charge >= 0.3 is 5.97 Å². The van der Waals surface area contributed by atoms with E-state index in [0.717, 1.165) is 17.7 Å². The Morgan fingerprint density at radius 3 is 2.59 bits per heavy atom. The number of carbonyl (C=O) groups is 1. The maximum atomic E-state index is 10.6. The van der Waals surface area contributed by atoms with E-state index in [-0.39, 0.29) is 12.5 Å². The Morgan fingerprint density at radius 2 is 2.00 bits per heavy atom. The number of hydrogen-bond acceptors (Lipinski definition) is 2. The normalized spacial score (nSPS) is 14.1. The van der Waals surface area contributed by atoms with Gasteiger partial charge < -0.3 is 9.84 Å². The summed E-state index contributed by atoms with van der Waals surface area (Å²) in [7, 11) is 0. The van der Waals surface area contributed by atoms with E-state index < -0.39 is 5.97 Å². The number of hydrogen-bond donors (Lipinski definition) is 1. The van der Waals surface area contributed by atoms with Crippen LogP contribution < -0.4 is 4.74 Å². The summed E-state index contributed by atoms with van der Waals surface area (Å²) in [5, 5.41) is 8.71. The predicted octanol–water partition coefficient (Wildman–Crippen LogP) is 3.44. The molecular weight excluding hydrogens is 216 g/mol. The summed E-state index contributed by atoms with van der Waals surface area (Å²) in [6, 6.07) is 7.84. The van der Waals surface area contributed by atoms with Crippen LogP contribution in [-0.4, -0.2) is 17.2 Å². The molecular formula is C14H20O3. The Balaban J connectivity index is 2.79. The minimum atomic E-state index is -0.835. The molecule has 0 saturated heterocycles. The van der Waals surface area contributed by atoms with Gasteiger partial charge in [0.05, 0.1) is 6.42 Å². The van der Waals surface area contributed by atoms with Gasteiger partial charge in [-0.15, -0.1) is 0 Å². The van der Waals surface area contributed by atoms with E-state index in [1.807, 2.05) is 24.3 Å². The van der Waals surface area contributed by atoms with Gasteiger partial charge in [0.1, 0.15) is 11.9 Å². The molecule has 0 amide bonds. The third-order valence-corrected chi connectivity index (χ3v) is 2.85. The summed E-state index contributed by atoms with van der Waals surface area (Å²) in [6.45, 7) is 6.05. The third-order valence-electron chi connectivity index (χ3n) is 2.85. The van der Waals surface area contributed by atoms with Crippen molar-refractivity contribution in [3.8, 4) is 5.75 Å². The molecule has 0 fully saturated rings. The van der Waals surface area contributed by atoms with Crippen LogP contribution in [0.4, 0.5) is 0 Å². The number of aliphatic carboxylic acids is 1. The van der Waals surface area contributed by atoms with Crippen molar-refractivity contribution in [2.45, 2.75) is 45.6 Å². The molecule has 3 nitrogen and oxygen atoms in total. The first-order valence-electron chi connectivity index (χ1n) is 6.02. The highest BCUT2D eigenvalue weighted by molar-refractivity contribution is 5.67. The van der Waals surface area contributed by atoms with Crippen LogP contribution in [0.2, 0.25) is 0 Å². The van der Waals surface area contributed by atoms with Crippen molar-refractivity contribution < 1.29 is 14.6 Å². The Kier molecular flexibility index (Phi) is 5.01. The zero-order chi connectivity index (χ0) is 12.8. The van der Waals surface area contributed by atoms with E-state index in [2.05, 4.69) is 13.8 Å². The molecule has 0 bridgehead atoms. The summed E-state index contributed by atoms with van der Waals surface area (Å²) in [5.41, 5.74) is 1.15. The molecule has 17 heavy (non-hydrogen) atoms. The van der Waals surface area contributed by atoms with Crippen LogP contribution in [0.25, 0.3) is 0 Å². The fourth-order valence-corrected chi connectivity index (χ4v) is 1.72. The minimum absolute atomic E-state index is 0.0227. The van der Waals surface area contributed by atoms with Crippen molar-refractivity contribution in [3.63, 3.8) is 0 Å². The molecule has 0 aromatic heterocycles. The van der Waals surface area contributed by atoms with E-state index in [4.69, 9.17) is 9.84 Å². The number of ether oxygens (including phenoxy) is 1. The molecule has 1 rings (SSSR count). The number of rotatable bonds is 6. The van der Waals surface area contributed by atoms with Crippen molar-refractivity contribution in [2.75, 3.05) is 0 Å². The molecule has 0 aliphatic carbocycles. The fourth-order valence-electron chi connectivity index (χ4n) is 1.72. The lowest BCUT2D eigenvalue weighted by Crippen LogP contribution is -2.17. The molecule has 1 aromatic carbocycles. The van der Waals surface area contributed by atoms with Crippen LogP contribution in [0.3, 0.4) is 0 Å². The van der Waals surface area contributed by atoms with E-state index in [1.54, 1.807) is 6.92 Å². The van der Waals surface area contributed by atoms with Crippen LogP contribution in [0.5, 0.6) is 5.75 Å². The van der Waals surface area contributed by atoms with Crippen molar-refractivity contribution in [1.82, 2.24) is 0 Å². The predicted molar refractivity (Wildman–Crippen MR) is 67.5 cm³/mol. The van der Waals surface area contributed by atoms with Gasteiger partial charge in [0, 0.05) is 0 Å². The summed E-state index contributed by atoms with van der Waals surface area (Å²) in [5.74, 6) is 0.386. The zero-order valence-corrected chi connectivity index (χ0v) is 10.6. The molecule has 3 heteroatoms. The van der Waals surface area contributed by atoms with Crippen LogP contribution in [0.15, 0.2) is 24.3 Å². The van der Waals surface area contributed by atoms with Gasteiger partial charge in [-0.1, -0.05) is 32.0 Å². The van der Waals surface area contributed by atoms with Crippen LogP contribution in [0, 0.1) is 0 Å². The lowest BCUT2D eigenvalue weighted by atomic mass is 9.98. The lowest BCUT2D eigenvalue weighted by molar-refractivity contribution is -0.138. The van der Waals surface area contributed by atoms with Crippen molar-refractivity contribution in [1.29, 1.82) is 0 Å². The van der Waals surface area contributed by atoms with Gasteiger partial charge in [0.15, 0.2) is 0 Å². The average Bonchev–Trinajstić information content (AvgIpc) is 2.27. The van der Waals surface area contributed by atoms with E-state index >= 15 is 0 Å². The third kappa shape index (κ3) is 4.10.